The molecule has 2 atom stereocenters. The maximum atomic E-state index is 10.8. The fourth-order valence-corrected chi connectivity index (χ4v) is 4.02. The molecule has 0 bridgehead atoms. The van der Waals surface area contributed by atoms with Gasteiger partial charge in [0.25, 0.3) is 0 Å². The molecule has 0 aliphatic heterocycles. The molecule has 2 aliphatic carbocycles. The first-order valence-corrected chi connectivity index (χ1v) is 7.62. The Morgan fingerprint density at radius 3 is 2.50 bits per heavy atom. The Kier molecular flexibility index (Phi) is 3.69. The lowest BCUT2D eigenvalue weighted by Crippen LogP contribution is -2.23. The summed E-state index contributed by atoms with van der Waals surface area (Å²) in [7, 11) is 0. The van der Waals surface area contributed by atoms with E-state index in [0.29, 0.717) is 5.92 Å². The molecule has 1 nitrogen and oxygen atoms in total. The van der Waals surface area contributed by atoms with Crippen LogP contribution in [0.5, 0.6) is 0 Å². The molecule has 1 aromatic rings. The van der Waals surface area contributed by atoms with Crippen molar-refractivity contribution in [3.05, 3.63) is 35.4 Å². The standard InChI is InChI=1S/C17H24O/c18-17-15-11-5-4-9-14(15)10-6-12-16(17)13-7-2-1-3-8-13/h4-5,9,11,13,16-18H,1-3,6-8,10,12H2. The van der Waals surface area contributed by atoms with Crippen LogP contribution < -0.4 is 0 Å². The first-order chi connectivity index (χ1) is 8.86. The van der Waals surface area contributed by atoms with E-state index in [1.165, 1.54) is 56.1 Å². The molecule has 18 heavy (non-hydrogen) atoms. The summed E-state index contributed by atoms with van der Waals surface area (Å²) in [4.78, 5) is 0. The highest BCUT2D eigenvalue weighted by Crippen LogP contribution is 2.42. The summed E-state index contributed by atoms with van der Waals surface area (Å²) in [6.45, 7) is 0. The number of aliphatic hydroxyl groups is 1. The van der Waals surface area contributed by atoms with E-state index in [1.54, 1.807) is 0 Å². The van der Waals surface area contributed by atoms with Gasteiger partial charge in [0, 0.05) is 0 Å². The molecule has 1 N–H and O–H groups in total. The fourth-order valence-electron chi connectivity index (χ4n) is 4.02. The van der Waals surface area contributed by atoms with Gasteiger partial charge in [-0.3, -0.25) is 0 Å². The average molecular weight is 244 g/mol. The van der Waals surface area contributed by atoms with Gasteiger partial charge in [-0.05, 0) is 42.2 Å². The van der Waals surface area contributed by atoms with Gasteiger partial charge in [0.05, 0.1) is 6.10 Å². The van der Waals surface area contributed by atoms with Crippen molar-refractivity contribution in [1.82, 2.24) is 0 Å². The summed E-state index contributed by atoms with van der Waals surface area (Å²) in [6.07, 6.45) is 10.2. The highest BCUT2D eigenvalue weighted by atomic mass is 16.3. The third-order valence-electron chi connectivity index (χ3n) is 5.02. The van der Waals surface area contributed by atoms with Gasteiger partial charge in [-0.25, -0.2) is 0 Å². The van der Waals surface area contributed by atoms with E-state index in [0.717, 1.165) is 12.3 Å². The minimum Gasteiger partial charge on any atom is -0.388 e. The second kappa shape index (κ2) is 5.44. The van der Waals surface area contributed by atoms with Crippen molar-refractivity contribution in [1.29, 1.82) is 0 Å². The predicted octanol–water partition coefficient (Wildman–Crippen LogP) is 4.25. The number of fused-ring (bicyclic) bond motifs is 1. The molecule has 0 spiro atoms. The van der Waals surface area contributed by atoms with Crippen LogP contribution in [-0.2, 0) is 6.42 Å². The average Bonchev–Trinajstić information content (AvgIpc) is 2.60. The van der Waals surface area contributed by atoms with Gasteiger partial charge >= 0.3 is 0 Å². The topological polar surface area (TPSA) is 20.2 Å². The molecule has 0 heterocycles. The SMILES string of the molecule is OC1c2ccccc2CCCC1C1CCCCC1. The van der Waals surface area contributed by atoms with Crippen LogP contribution in [0.15, 0.2) is 24.3 Å². The summed E-state index contributed by atoms with van der Waals surface area (Å²) in [5.74, 6) is 1.27. The molecule has 0 amide bonds. The van der Waals surface area contributed by atoms with Gasteiger partial charge in [-0.2, -0.15) is 0 Å². The van der Waals surface area contributed by atoms with Crippen LogP contribution in [0.25, 0.3) is 0 Å². The highest BCUT2D eigenvalue weighted by molar-refractivity contribution is 5.30. The zero-order chi connectivity index (χ0) is 12.4. The van der Waals surface area contributed by atoms with Crippen LogP contribution in [0.3, 0.4) is 0 Å². The van der Waals surface area contributed by atoms with Crippen molar-refractivity contribution in [2.45, 2.75) is 57.5 Å². The van der Waals surface area contributed by atoms with E-state index >= 15 is 0 Å². The van der Waals surface area contributed by atoms with Crippen molar-refractivity contribution < 1.29 is 5.11 Å². The maximum absolute atomic E-state index is 10.8. The summed E-state index contributed by atoms with van der Waals surface area (Å²) < 4.78 is 0. The Morgan fingerprint density at radius 1 is 0.889 bits per heavy atom. The zero-order valence-electron chi connectivity index (χ0n) is 11.1. The molecular formula is C17H24O. The number of aliphatic hydroxyl groups excluding tert-OH is 1. The van der Waals surface area contributed by atoms with E-state index in [9.17, 15) is 5.11 Å². The van der Waals surface area contributed by atoms with Gasteiger partial charge in [0.15, 0.2) is 0 Å². The summed E-state index contributed by atoms with van der Waals surface area (Å²) in [6, 6.07) is 8.51. The minimum atomic E-state index is -0.216. The van der Waals surface area contributed by atoms with Crippen LogP contribution >= 0.6 is 0 Å². The van der Waals surface area contributed by atoms with E-state index in [-0.39, 0.29) is 6.10 Å². The Morgan fingerprint density at radius 2 is 1.67 bits per heavy atom. The van der Waals surface area contributed by atoms with Gasteiger partial charge in [0.1, 0.15) is 0 Å². The fraction of sp³-hybridized carbons (Fsp3) is 0.647. The number of aryl methyl sites for hydroxylation is 1. The normalized spacial score (nSPS) is 29.6. The number of hydrogen-bond acceptors (Lipinski definition) is 1. The molecule has 0 aromatic heterocycles. The lowest BCUT2D eigenvalue weighted by atomic mass is 9.75. The van der Waals surface area contributed by atoms with E-state index in [2.05, 4.69) is 24.3 Å². The molecular weight excluding hydrogens is 220 g/mol. The second-order valence-electron chi connectivity index (χ2n) is 6.10. The Hall–Kier alpha value is -0.820. The van der Waals surface area contributed by atoms with Crippen LogP contribution in [0.4, 0.5) is 0 Å². The molecule has 0 radical (unpaired) electrons. The van der Waals surface area contributed by atoms with E-state index in [1.807, 2.05) is 0 Å². The zero-order valence-corrected chi connectivity index (χ0v) is 11.1. The highest BCUT2D eigenvalue weighted by Gasteiger charge is 2.32. The molecule has 0 saturated heterocycles. The molecule has 2 aliphatic rings. The molecule has 1 saturated carbocycles. The van der Waals surface area contributed by atoms with Crippen molar-refractivity contribution in [3.8, 4) is 0 Å². The Balaban J connectivity index is 1.84. The van der Waals surface area contributed by atoms with Crippen LogP contribution in [0.1, 0.15) is 62.2 Å². The third kappa shape index (κ3) is 2.33. The Bertz CT molecular complexity index is 392. The smallest absolute Gasteiger partial charge is 0.0823 e. The van der Waals surface area contributed by atoms with Crippen LogP contribution in [-0.4, -0.2) is 5.11 Å². The number of rotatable bonds is 1. The number of benzene rings is 1. The molecule has 98 valence electrons. The maximum Gasteiger partial charge on any atom is 0.0823 e. The largest absolute Gasteiger partial charge is 0.388 e. The Labute approximate surface area is 110 Å². The lowest BCUT2D eigenvalue weighted by molar-refractivity contribution is 0.0541. The molecule has 1 aromatic carbocycles. The summed E-state index contributed by atoms with van der Waals surface area (Å²) >= 11 is 0. The molecule has 1 heteroatoms. The molecule has 2 unspecified atom stereocenters. The van der Waals surface area contributed by atoms with Gasteiger partial charge in [0.2, 0.25) is 0 Å². The molecule has 1 fully saturated rings. The first kappa shape index (κ1) is 12.2. The van der Waals surface area contributed by atoms with Gasteiger partial charge in [-0.15, -0.1) is 0 Å². The van der Waals surface area contributed by atoms with Crippen LogP contribution in [0.2, 0.25) is 0 Å². The lowest BCUT2D eigenvalue weighted by Gasteiger charge is -2.33. The van der Waals surface area contributed by atoms with E-state index in [4.69, 9.17) is 0 Å². The summed E-state index contributed by atoms with van der Waals surface area (Å²) in [5, 5.41) is 10.8. The quantitative estimate of drug-likeness (QED) is 0.732. The summed E-state index contributed by atoms with van der Waals surface area (Å²) in [5.41, 5.74) is 2.59. The van der Waals surface area contributed by atoms with Gasteiger partial charge < -0.3 is 5.11 Å². The third-order valence-corrected chi connectivity index (χ3v) is 5.02. The van der Waals surface area contributed by atoms with Gasteiger partial charge in [-0.1, -0.05) is 56.4 Å². The van der Waals surface area contributed by atoms with Crippen molar-refractivity contribution in [2.75, 3.05) is 0 Å². The van der Waals surface area contributed by atoms with Crippen LogP contribution in [0, 0.1) is 11.8 Å². The van der Waals surface area contributed by atoms with Crippen molar-refractivity contribution >= 4 is 0 Å². The second-order valence-corrected chi connectivity index (χ2v) is 6.10. The minimum absolute atomic E-state index is 0.216. The predicted molar refractivity (Wildman–Crippen MR) is 74.4 cm³/mol. The van der Waals surface area contributed by atoms with E-state index < -0.39 is 0 Å². The van der Waals surface area contributed by atoms with Crippen molar-refractivity contribution in [2.24, 2.45) is 11.8 Å². The van der Waals surface area contributed by atoms with Crippen molar-refractivity contribution in [3.63, 3.8) is 0 Å². The monoisotopic (exact) mass is 244 g/mol. The molecule has 3 rings (SSSR count). The first-order valence-electron chi connectivity index (χ1n) is 7.62. The number of hydrogen-bond donors (Lipinski definition) is 1.